The molecule has 0 aromatic rings. The van der Waals surface area contributed by atoms with Crippen molar-refractivity contribution in [3.05, 3.63) is 0 Å². The Morgan fingerprint density at radius 2 is 2.05 bits per heavy atom. The molecule has 6 nitrogen and oxygen atoms in total. The first-order chi connectivity index (χ1) is 9.14. The van der Waals surface area contributed by atoms with E-state index in [-0.39, 0.29) is 6.54 Å². The summed E-state index contributed by atoms with van der Waals surface area (Å²) in [6.07, 6.45) is 3.07. The van der Waals surface area contributed by atoms with Crippen LogP contribution in [0.1, 0.15) is 46.5 Å². The van der Waals surface area contributed by atoms with Crippen molar-refractivity contribution < 1.29 is 18.3 Å². The molecule has 1 fully saturated rings. The third-order valence-electron chi connectivity index (χ3n) is 3.98. The van der Waals surface area contributed by atoms with Crippen molar-refractivity contribution in [3.8, 4) is 0 Å². The Morgan fingerprint density at radius 1 is 1.45 bits per heavy atom. The molecule has 118 valence electrons. The van der Waals surface area contributed by atoms with Gasteiger partial charge >= 0.3 is 5.97 Å². The van der Waals surface area contributed by atoms with E-state index in [2.05, 4.69) is 0 Å². The van der Waals surface area contributed by atoms with Crippen LogP contribution in [-0.2, 0) is 15.0 Å². The van der Waals surface area contributed by atoms with Gasteiger partial charge < -0.3 is 5.11 Å². The van der Waals surface area contributed by atoms with Gasteiger partial charge in [0.2, 0.25) is 0 Å². The van der Waals surface area contributed by atoms with Gasteiger partial charge in [-0.25, -0.2) is 0 Å². The highest BCUT2D eigenvalue weighted by atomic mass is 32.2. The SMILES string of the molecule is CCCCN(C)S(=O)(=O)N1CCCC(C)(C)C1C(=O)O. The lowest BCUT2D eigenvalue weighted by Crippen LogP contribution is -2.59. The molecular formula is C13H26N2O4S. The Kier molecular flexibility index (Phi) is 5.57. The maximum Gasteiger partial charge on any atom is 0.322 e. The number of hydrogen-bond acceptors (Lipinski definition) is 3. The molecule has 7 heteroatoms. The number of unbranched alkanes of at least 4 members (excludes halogenated alkanes) is 1. The van der Waals surface area contributed by atoms with Crippen LogP contribution in [0.25, 0.3) is 0 Å². The summed E-state index contributed by atoms with van der Waals surface area (Å²) in [5.41, 5.74) is -0.553. The van der Waals surface area contributed by atoms with Gasteiger partial charge in [0.1, 0.15) is 6.04 Å². The predicted octanol–water partition coefficient (Wildman–Crippen LogP) is 1.54. The second kappa shape index (κ2) is 6.41. The van der Waals surface area contributed by atoms with Crippen LogP contribution < -0.4 is 0 Å². The molecule has 1 unspecified atom stereocenters. The minimum Gasteiger partial charge on any atom is -0.480 e. The molecule has 0 radical (unpaired) electrons. The standard InChI is InChI=1S/C13H26N2O4S/c1-5-6-9-14(4)20(18,19)15-10-7-8-13(2,3)11(15)12(16)17/h11H,5-10H2,1-4H3,(H,16,17). The average molecular weight is 306 g/mol. The first-order valence-electron chi connectivity index (χ1n) is 7.10. The summed E-state index contributed by atoms with van der Waals surface area (Å²) < 4.78 is 27.6. The summed E-state index contributed by atoms with van der Waals surface area (Å²) in [4.78, 5) is 11.5. The maximum atomic E-state index is 12.6. The first-order valence-corrected chi connectivity index (χ1v) is 8.50. The number of carbonyl (C=O) groups is 1. The number of carboxylic acids is 1. The van der Waals surface area contributed by atoms with Gasteiger partial charge in [-0.05, 0) is 24.7 Å². The van der Waals surface area contributed by atoms with Gasteiger partial charge in [-0.3, -0.25) is 4.79 Å². The Labute approximate surface area is 121 Å². The number of nitrogens with zero attached hydrogens (tertiary/aromatic N) is 2. The summed E-state index contributed by atoms with van der Waals surface area (Å²) in [5, 5.41) is 9.44. The molecule has 1 aliphatic rings. The summed E-state index contributed by atoms with van der Waals surface area (Å²) in [6.45, 7) is 6.32. The monoisotopic (exact) mass is 306 g/mol. The van der Waals surface area contributed by atoms with E-state index in [0.717, 1.165) is 17.1 Å². The highest BCUT2D eigenvalue weighted by Crippen LogP contribution is 2.37. The fourth-order valence-electron chi connectivity index (χ4n) is 2.73. The molecule has 0 bridgehead atoms. The van der Waals surface area contributed by atoms with Crippen LogP contribution in [0.3, 0.4) is 0 Å². The number of piperidine rings is 1. The molecule has 0 aromatic carbocycles. The number of hydrogen-bond donors (Lipinski definition) is 1. The number of aliphatic carboxylic acids is 1. The highest BCUT2D eigenvalue weighted by Gasteiger charge is 2.48. The Bertz CT molecular complexity index is 447. The summed E-state index contributed by atoms with van der Waals surface area (Å²) >= 11 is 0. The molecular weight excluding hydrogens is 280 g/mol. The summed E-state index contributed by atoms with van der Waals surface area (Å²) in [6, 6.07) is -0.995. The van der Waals surface area contributed by atoms with Gasteiger partial charge in [0, 0.05) is 20.1 Å². The van der Waals surface area contributed by atoms with Crippen molar-refractivity contribution in [1.82, 2.24) is 8.61 Å². The average Bonchev–Trinajstić information content (AvgIpc) is 2.33. The zero-order valence-corrected chi connectivity index (χ0v) is 13.6. The van der Waals surface area contributed by atoms with Crippen molar-refractivity contribution >= 4 is 16.2 Å². The maximum absolute atomic E-state index is 12.6. The number of carboxylic acid groups (broad SMARTS) is 1. The Balaban J connectivity index is 3.04. The Hall–Kier alpha value is -0.660. The molecule has 0 spiro atoms. The lowest BCUT2D eigenvalue weighted by atomic mass is 9.77. The van der Waals surface area contributed by atoms with E-state index in [0.29, 0.717) is 19.4 Å². The van der Waals surface area contributed by atoms with Crippen LogP contribution in [0.4, 0.5) is 0 Å². The smallest absolute Gasteiger partial charge is 0.322 e. The van der Waals surface area contributed by atoms with Crippen LogP contribution >= 0.6 is 0 Å². The van der Waals surface area contributed by atoms with E-state index in [1.165, 1.54) is 11.4 Å². The van der Waals surface area contributed by atoms with Crippen LogP contribution in [-0.4, -0.2) is 54.3 Å². The van der Waals surface area contributed by atoms with E-state index in [1.807, 2.05) is 20.8 Å². The van der Waals surface area contributed by atoms with Crippen molar-refractivity contribution in [2.45, 2.75) is 52.5 Å². The van der Waals surface area contributed by atoms with E-state index in [1.54, 1.807) is 0 Å². The quantitative estimate of drug-likeness (QED) is 0.807. The Morgan fingerprint density at radius 3 is 2.55 bits per heavy atom. The molecule has 0 aromatic heterocycles. The summed E-state index contributed by atoms with van der Waals surface area (Å²) in [5.74, 6) is -1.07. The predicted molar refractivity (Wildman–Crippen MR) is 77.6 cm³/mol. The van der Waals surface area contributed by atoms with Crippen LogP contribution in [0.15, 0.2) is 0 Å². The van der Waals surface area contributed by atoms with Gasteiger partial charge in [0.15, 0.2) is 0 Å². The fraction of sp³-hybridized carbons (Fsp3) is 0.923. The molecule has 1 heterocycles. The van der Waals surface area contributed by atoms with Crippen molar-refractivity contribution in [2.24, 2.45) is 5.41 Å². The van der Waals surface area contributed by atoms with Gasteiger partial charge in [-0.15, -0.1) is 0 Å². The van der Waals surface area contributed by atoms with Crippen LogP contribution in [0, 0.1) is 5.41 Å². The van der Waals surface area contributed by atoms with E-state index < -0.39 is 27.6 Å². The van der Waals surface area contributed by atoms with E-state index in [9.17, 15) is 18.3 Å². The normalized spacial score (nSPS) is 23.9. The zero-order valence-electron chi connectivity index (χ0n) is 12.8. The molecule has 0 amide bonds. The van der Waals surface area contributed by atoms with Gasteiger partial charge in [-0.2, -0.15) is 17.0 Å². The topological polar surface area (TPSA) is 77.9 Å². The fourth-order valence-corrected chi connectivity index (χ4v) is 4.45. The lowest BCUT2D eigenvalue weighted by Gasteiger charge is -2.44. The lowest BCUT2D eigenvalue weighted by molar-refractivity contribution is -0.147. The van der Waals surface area contributed by atoms with E-state index >= 15 is 0 Å². The third kappa shape index (κ3) is 3.51. The highest BCUT2D eigenvalue weighted by molar-refractivity contribution is 7.86. The zero-order chi connectivity index (χ0) is 15.6. The van der Waals surface area contributed by atoms with Crippen molar-refractivity contribution in [2.75, 3.05) is 20.1 Å². The van der Waals surface area contributed by atoms with E-state index in [4.69, 9.17) is 0 Å². The molecule has 1 rings (SSSR count). The second-order valence-corrected chi connectivity index (χ2v) is 8.11. The molecule has 0 aliphatic carbocycles. The molecule has 1 aliphatic heterocycles. The largest absolute Gasteiger partial charge is 0.480 e. The van der Waals surface area contributed by atoms with Crippen molar-refractivity contribution in [3.63, 3.8) is 0 Å². The van der Waals surface area contributed by atoms with Crippen LogP contribution in [0.2, 0.25) is 0 Å². The molecule has 1 atom stereocenters. The van der Waals surface area contributed by atoms with Gasteiger partial charge in [0.25, 0.3) is 10.2 Å². The molecule has 1 saturated heterocycles. The third-order valence-corrected chi connectivity index (χ3v) is 5.93. The van der Waals surface area contributed by atoms with Crippen LogP contribution in [0.5, 0.6) is 0 Å². The molecule has 0 saturated carbocycles. The summed E-state index contributed by atoms with van der Waals surface area (Å²) in [7, 11) is -2.19. The minimum absolute atomic E-state index is 0.277. The second-order valence-electron chi connectivity index (χ2n) is 6.13. The minimum atomic E-state index is -3.71. The van der Waals surface area contributed by atoms with Crippen molar-refractivity contribution in [1.29, 1.82) is 0 Å². The molecule has 20 heavy (non-hydrogen) atoms. The van der Waals surface area contributed by atoms with Gasteiger partial charge in [0.05, 0.1) is 0 Å². The number of rotatable bonds is 6. The molecule has 1 N–H and O–H groups in total. The van der Waals surface area contributed by atoms with Gasteiger partial charge in [-0.1, -0.05) is 27.2 Å². The first kappa shape index (κ1) is 17.4.